The van der Waals surface area contributed by atoms with E-state index in [9.17, 15) is 14.7 Å². The van der Waals surface area contributed by atoms with Crippen LogP contribution in [0.2, 0.25) is 0 Å². The van der Waals surface area contributed by atoms with Gasteiger partial charge in [0.05, 0.1) is 0 Å². The second-order valence-corrected chi connectivity index (χ2v) is 7.50. The Morgan fingerprint density at radius 3 is 2.71 bits per heavy atom. The van der Waals surface area contributed by atoms with E-state index in [4.69, 9.17) is 24.2 Å². The lowest BCUT2D eigenvalue weighted by atomic mass is 10.0. The molecule has 1 heterocycles. The number of phenolic OH excluding ortho intramolecular Hbond substituents is 1. The van der Waals surface area contributed by atoms with E-state index in [1.807, 2.05) is 22.6 Å². The SMILES string of the molecule is CO[C@H](/C=C/C(=O)NO)[C@H](OC(=O)Nc1ccc2c(c1)OCO2)c1cc(I)ccc1O. The highest BCUT2D eigenvalue weighted by atomic mass is 127. The molecule has 0 bridgehead atoms. The molecular weight excluding hydrogens is 523 g/mol. The van der Waals surface area contributed by atoms with Crippen molar-refractivity contribution in [2.45, 2.75) is 12.2 Å². The highest BCUT2D eigenvalue weighted by Crippen LogP contribution is 2.35. The van der Waals surface area contributed by atoms with E-state index in [1.54, 1.807) is 30.3 Å². The van der Waals surface area contributed by atoms with Gasteiger partial charge in [0.15, 0.2) is 17.6 Å². The molecule has 2 aromatic carbocycles. The first-order valence-corrected chi connectivity index (χ1v) is 10.00. The molecule has 0 fully saturated rings. The number of carbonyl (C=O) groups excluding carboxylic acids is 2. The minimum Gasteiger partial charge on any atom is -0.508 e. The van der Waals surface area contributed by atoms with Gasteiger partial charge in [-0.25, -0.2) is 10.3 Å². The first-order valence-electron chi connectivity index (χ1n) is 8.92. The standard InChI is InChI=1S/C20H19IN2O8/c1-28-16(6-7-18(25)23-27)19(13-8-11(21)2-4-14(13)24)31-20(26)22-12-3-5-15-17(9-12)30-10-29-15/h2-9,16,19,24,27H,10H2,1H3,(H,22,26)(H,23,25)/b7-6+/t16-,19-/m1/s1. The van der Waals surface area contributed by atoms with Gasteiger partial charge in [-0.1, -0.05) is 0 Å². The zero-order chi connectivity index (χ0) is 22.4. The van der Waals surface area contributed by atoms with Crippen molar-refractivity contribution in [3.8, 4) is 17.2 Å². The average molecular weight is 542 g/mol. The predicted octanol–water partition coefficient (Wildman–Crippen LogP) is 3.09. The van der Waals surface area contributed by atoms with Crippen LogP contribution in [0, 0.1) is 3.57 Å². The van der Waals surface area contributed by atoms with E-state index >= 15 is 0 Å². The molecule has 1 aliphatic heterocycles. The number of nitrogens with one attached hydrogen (secondary N) is 2. The Labute approximate surface area is 190 Å². The third-order valence-electron chi connectivity index (χ3n) is 4.27. The first-order chi connectivity index (χ1) is 14.9. The maximum absolute atomic E-state index is 12.6. The Morgan fingerprint density at radius 1 is 1.19 bits per heavy atom. The molecule has 1 aliphatic rings. The van der Waals surface area contributed by atoms with Crippen LogP contribution in [0.5, 0.6) is 17.2 Å². The summed E-state index contributed by atoms with van der Waals surface area (Å²) in [5.74, 6) is 0.130. The molecule has 2 atom stereocenters. The van der Waals surface area contributed by atoms with Crippen LogP contribution in [0.15, 0.2) is 48.6 Å². The summed E-state index contributed by atoms with van der Waals surface area (Å²) in [6.45, 7) is 0.0977. The quantitative estimate of drug-likeness (QED) is 0.182. The minimum absolute atomic E-state index is 0.0977. The topological polar surface area (TPSA) is 136 Å². The molecule has 164 valence electrons. The fourth-order valence-electron chi connectivity index (χ4n) is 2.82. The van der Waals surface area contributed by atoms with E-state index in [-0.39, 0.29) is 18.1 Å². The number of halogens is 1. The number of rotatable bonds is 7. The average Bonchev–Trinajstić information content (AvgIpc) is 3.22. The summed E-state index contributed by atoms with van der Waals surface area (Å²) in [5, 5.41) is 21.6. The number of hydrogen-bond donors (Lipinski definition) is 4. The van der Waals surface area contributed by atoms with Crippen LogP contribution in [0.1, 0.15) is 11.7 Å². The molecule has 10 nitrogen and oxygen atoms in total. The van der Waals surface area contributed by atoms with Crippen LogP contribution in [0.25, 0.3) is 0 Å². The van der Waals surface area contributed by atoms with Crippen molar-refractivity contribution < 1.29 is 38.9 Å². The summed E-state index contributed by atoms with van der Waals surface area (Å²) in [6.07, 6.45) is -0.584. The Balaban J connectivity index is 1.84. The molecule has 0 spiro atoms. The highest BCUT2D eigenvalue weighted by Gasteiger charge is 2.29. The number of carbonyl (C=O) groups is 2. The van der Waals surface area contributed by atoms with Crippen LogP contribution in [0.4, 0.5) is 10.5 Å². The molecule has 11 heteroatoms. The van der Waals surface area contributed by atoms with E-state index in [1.165, 1.54) is 24.7 Å². The maximum atomic E-state index is 12.6. The van der Waals surface area contributed by atoms with Crippen LogP contribution in [0.3, 0.4) is 0 Å². The zero-order valence-electron chi connectivity index (χ0n) is 16.2. The number of ether oxygens (including phenoxy) is 4. The molecule has 31 heavy (non-hydrogen) atoms. The van der Waals surface area contributed by atoms with Crippen molar-refractivity contribution in [3.05, 3.63) is 57.7 Å². The van der Waals surface area contributed by atoms with Gasteiger partial charge in [-0.05, 0) is 59.0 Å². The van der Waals surface area contributed by atoms with Gasteiger partial charge in [-0.2, -0.15) is 0 Å². The number of fused-ring (bicyclic) bond motifs is 1. The van der Waals surface area contributed by atoms with Gasteiger partial charge < -0.3 is 24.1 Å². The van der Waals surface area contributed by atoms with Gasteiger partial charge in [0.25, 0.3) is 5.91 Å². The lowest BCUT2D eigenvalue weighted by Gasteiger charge is -2.25. The van der Waals surface area contributed by atoms with Crippen molar-refractivity contribution in [2.75, 3.05) is 19.2 Å². The van der Waals surface area contributed by atoms with Gasteiger partial charge in [0, 0.05) is 34.1 Å². The molecule has 4 N–H and O–H groups in total. The number of aromatic hydroxyl groups is 1. The maximum Gasteiger partial charge on any atom is 0.412 e. The van der Waals surface area contributed by atoms with Crippen molar-refractivity contribution >= 4 is 40.3 Å². The van der Waals surface area contributed by atoms with Crippen molar-refractivity contribution in [1.82, 2.24) is 5.48 Å². The van der Waals surface area contributed by atoms with E-state index in [0.717, 1.165) is 9.65 Å². The lowest BCUT2D eigenvalue weighted by molar-refractivity contribution is -0.124. The van der Waals surface area contributed by atoms with Crippen LogP contribution in [-0.4, -0.2) is 42.3 Å². The van der Waals surface area contributed by atoms with Gasteiger partial charge in [-0.15, -0.1) is 0 Å². The number of benzene rings is 2. The fourth-order valence-corrected chi connectivity index (χ4v) is 3.34. The number of methoxy groups -OCH3 is 1. The molecule has 0 aliphatic carbocycles. The summed E-state index contributed by atoms with van der Waals surface area (Å²) in [7, 11) is 1.35. The summed E-state index contributed by atoms with van der Waals surface area (Å²) < 4.78 is 22.2. The Hall–Kier alpha value is -3.03. The molecular formula is C20H19IN2O8. The minimum atomic E-state index is -1.11. The van der Waals surface area contributed by atoms with Gasteiger partial charge in [0.2, 0.25) is 6.79 Å². The van der Waals surface area contributed by atoms with Gasteiger partial charge >= 0.3 is 6.09 Å². The summed E-state index contributed by atoms with van der Waals surface area (Å²) in [6, 6.07) is 9.61. The van der Waals surface area contributed by atoms with E-state index in [0.29, 0.717) is 17.2 Å². The van der Waals surface area contributed by atoms with Crippen molar-refractivity contribution in [2.24, 2.45) is 0 Å². The number of hydrogen-bond acceptors (Lipinski definition) is 8. The second-order valence-electron chi connectivity index (χ2n) is 6.26. The number of hydroxylamine groups is 1. The monoisotopic (exact) mass is 542 g/mol. The fraction of sp³-hybridized carbons (Fsp3) is 0.200. The summed E-state index contributed by atoms with van der Waals surface area (Å²) in [4.78, 5) is 24.0. The molecule has 3 rings (SSSR count). The molecule has 2 amide bonds. The van der Waals surface area contributed by atoms with Gasteiger partial charge in [0.1, 0.15) is 11.9 Å². The first kappa shape index (κ1) is 22.7. The second kappa shape index (κ2) is 10.3. The Bertz CT molecular complexity index is 997. The highest BCUT2D eigenvalue weighted by molar-refractivity contribution is 14.1. The smallest absolute Gasteiger partial charge is 0.412 e. The predicted molar refractivity (Wildman–Crippen MR) is 116 cm³/mol. The zero-order valence-corrected chi connectivity index (χ0v) is 18.4. The Morgan fingerprint density at radius 2 is 1.97 bits per heavy atom. The third-order valence-corrected chi connectivity index (χ3v) is 4.94. The third kappa shape index (κ3) is 5.77. The van der Waals surface area contributed by atoms with Crippen LogP contribution >= 0.6 is 22.6 Å². The number of amides is 2. The molecule has 0 saturated carbocycles. The normalized spacial score (nSPS) is 14.2. The summed E-state index contributed by atoms with van der Waals surface area (Å²) >= 11 is 2.05. The molecule has 0 radical (unpaired) electrons. The Kier molecular flexibility index (Phi) is 7.55. The van der Waals surface area contributed by atoms with Crippen LogP contribution < -0.4 is 20.3 Å². The van der Waals surface area contributed by atoms with E-state index in [2.05, 4.69) is 5.32 Å². The molecule has 2 aromatic rings. The van der Waals surface area contributed by atoms with E-state index < -0.39 is 24.2 Å². The summed E-state index contributed by atoms with van der Waals surface area (Å²) in [5.41, 5.74) is 2.14. The number of anilines is 1. The molecule has 0 saturated heterocycles. The van der Waals surface area contributed by atoms with Gasteiger partial charge in [-0.3, -0.25) is 15.3 Å². The lowest BCUT2D eigenvalue weighted by Crippen LogP contribution is -2.27. The van der Waals surface area contributed by atoms with Crippen molar-refractivity contribution in [1.29, 1.82) is 0 Å². The molecule has 0 aromatic heterocycles. The van der Waals surface area contributed by atoms with Crippen LogP contribution in [-0.2, 0) is 14.3 Å². The number of phenols is 1. The molecule has 0 unspecified atom stereocenters. The largest absolute Gasteiger partial charge is 0.508 e. The van der Waals surface area contributed by atoms with Crippen molar-refractivity contribution in [3.63, 3.8) is 0 Å².